The molecule has 0 aliphatic rings. The van der Waals surface area contributed by atoms with Gasteiger partial charge in [-0.05, 0) is 35.9 Å². The molecular weight excluding hydrogens is 375 g/mol. The number of carbonyl (C=O) groups excluding carboxylic acids is 1. The summed E-state index contributed by atoms with van der Waals surface area (Å²) in [5.74, 6) is -0.640. The van der Waals surface area contributed by atoms with E-state index >= 15 is 0 Å². The quantitative estimate of drug-likeness (QED) is 0.796. The van der Waals surface area contributed by atoms with Crippen LogP contribution in [0.25, 0.3) is 0 Å². The molecule has 0 aliphatic heterocycles. The minimum atomic E-state index is -4.56. The summed E-state index contributed by atoms with van der Waals surface area (Å²) in [5, 5.41) is 2.26. The zero-order chi connectivity index (χ0) is 15.6. The normalized spacial score (nSPS) is 11.3. The minimum Gasteiger partial charge on any atom is -0.306 e. The Hall–Kier alpha value is -1.67. The van der Waals surface area contributed by atoms with Gasteiger partial charge in [0.25, 0.3) is 5.91 Å². The molecule has 0 spiro atoms. The maximum atomic E-state index is 12.8. The Labute approximate surface area is 130 Å². The number of hydrogen-bond acceptors (Lipinski definition) is 3. The van der Waals surface area contributed by atoms with Crippen LogP contribution in [0.5, 0.6) is 0 Å². The lowest BCUT2D eigenvalue weighted by atomic mass is 10.1. The largest absolute Gasteiger partial charge is 0.417 e. The molecule has 0 radical (unpaired) electrons. The standard InChI is InChI=1S/C12H6BrClF3N3O/c13-8-2-1-6(5-7(8)12(15,16)17)10(21)19-9-3-4-18-11(14)20-9/h1-5H,(H,18,19,20,21). The molecule has 0 fully saturated rings. The van der Waals surface area contributed by atoms with Crippen molar-refractivity contribution in [1.82, 2.24) is 9.97 Å². The van der Waals surface area contributed by atoms with Crippen LogP contribution < -0.4 is 5.32 Å². The Bertz CT molecular complexity index is 694. The van der Waals surface area contributed by atoms with Crippen LogP contribution in [0.2, 0.25) is 5.28 Å². The predicted octanol–water partition coefficient (Wildman–Crippen LogP) is 4.16. The first kappa shape index (κ1) is 15.7. The number of nitrogens with one attached hydrogen (secondary N) is 1. The smallest absolute Gasteiger partial charge is 0.306 e. The fraction of sp³-hybridized carbons (Fsp3) is 0.0833. The molecule has 1 aromatic carbocycles. The first-order valence-corrected chi connectivity index (χ1v) is 6.61. The summed E-state index contributed by atoms with van der Waals surface area (Å²) in [7, 11) is 0. The van der Waals surface area contributed by atoms with Gasteiger partial charge in [-0.15, -0.1) is 0 Å². The second-order valence-corrected chi connectivity index (χ2v) is 5.05. The molecule has 0 unspecified atom stereocenters. The molecule has 0 aliphatic carbocycles. The van der Waals surface area contributed by atoms with E-state index in [9.17, 15) is 18.0 Å². The number of aromatic nitrogens is 2. The van der Waals surface area contributed by atoms with E-state index in [1.54, 1.807) is 0 Å². The first-order valence-electron chi connectivity index (χ1n) is 5.44. The Morgan fingerprint density at radius 2 is 2.00 bits per heavy atom. The number of carbonyl (C=O) groups is 1. The summed E-state index contributed by atoms with van der Waals surface area (Å²) in [6, 6.07) is 4.54. The lowest BCUT2D eigenvalue weighted by Gasteiger charge is -2.11. The van der Waals surface area contributed by atoms with E-state index in [1.807, 2.05) is 0 Å². The van der Waals surface area contributed by atoms with E-state index in [0.29, 0.717) is 0 Å². The molecular formula is C12H6BrClF3N3O. The predicted molar refractivity (Wildman–Crippen MR) is 74.1 cm³/mol. The van der Waals surface area contributed by atoms with Crippen LogP contribution in [0.3, 0.4) is 0 Å². The molecule has 2 aromatic rings. The maximum Gasteiger partial charge on any atom is 0.417 e. The van der Waals surface area contributed by atoms with Crippen molar-refractivity contribution in [2.45, 2.75) is 6.18 Å². The van der Waals surface area contributed by atoms with Crippen molar-refractivity contribution >= 4 is 39.3 Å². The number of hydrogen-bond donors (Lipinski definition) is 1. The second-order valence-electron chi connectivity index (χ2n) is 3.86. The van der Waals surface area contributed by atoms with Gasteiger partial charge in [0.1, 0.15) is 5.82 Å². The van der Waals surface area contributed by atoms with Crippen LogP contribution >= 0.6 is 27.5 Å². The van der Waals surface area contributed by atoms with E-state index in [-0.39, 0.29) is 21.1 Å². The molecule has 21 heavy (non-hydrogen) atoms. The van der Waals surface area contributed by atoms with Gasteiger partial charge in [0.15, 0.2) is 0 Å². The number of rotatable bonds is 2. The van der Waals surface area contributed by atoms with Crippen LogP contribution in [0, 0.1) is 0 Å². The van der Waals surface area contributed by atoms with Crippen LogP contribution in [-0.4, -0.2) is 15.9 Å². The molecule has 0 saturated heterocycles. The summed E-state index contributed by atoms with van der Waals surface area (Å²) in [5.41, 5.74) is -1.09. The highest BCUT2D eigenvalue weighted by atomic mass is 79.9. The SMILES string of the molecule is O=C(Nc1ccnc(Cl)n1)c1ccc(Br)c(C(F)(F)F)c1. The number of halogens is 5. The highest BCUT2D eigenvalue weighted by molar-refractivity contribution is 9.10. The van der Waals surface area contributed by atoms with Crippen LogP contribution in [0.1, 0.15) is 15.9 Å². The topological polar surface area (TPSA) is 54.9 Å². The van der Waals surface area contributed by atoms with Gasteiger partial charge >= 0.3 is 6.18 Å². The van der Waals surface area contributed by atoms with Gasteiger partial charge in [-0.1, -0.05) is 15.9 Å². The van der Waals surface area contributed by atoms with E-state index < -0.39 is 17.6 Å². The Balaban J connectivity index is 2.28. The number of nitrogens with zero attached hydrogens (tertiary/aromatic N) is 2. The van der Waals surface area contributed by atoms with Crippen LogP contribution in [0.15, 0.2) is 34.9 Å². The van der Waals surface area contributed by atoms with E-state index in [4.69, 9.17) is 11.6 Å². The van der Waals surface area contributed by atoms with Crippen molar-refractivity contribution in [3.8, 4) is 0 Å². The first-order chi connectivity index (χ1) is 9.77. The summed E-state index contributed by atoms with van der Waals surface area (Å²) in [6.07, 6.45) is -3.25. The molecule has 0 saturated carbocycles. The minimum absolute atomic E-state index is 0.0837. The molecule has 1 aromatic heterocycles. The molecule has 110 valence electrons. The average Bonchev–Trinajstić information content (AvgIpc) is 2.37. The van der Waals surface area contributed by atoms with Crippen molar-refractivity contribution in [2.75, 3.05) is 5.32 Å². The van der Waals surface area contributed by atoms with Gasteiger partial charge in [0.2, 0.25) is 5.28 Å². The zero-order valence-corrected chi connectivity index (χ0v) is 12.4. The summed E-state index contributed by atoms with van der Waals surface area (Å²) >= 11 is 8.35. The van der Waals surface area contributed by atoms with E-state index in [2.05, 4.69) is 31.2 Å². The molecule has 1 heterocycles. The Morgan fingerprint density at radius 1 is 1.29 bits per heavy atom. The molecule has 1 N–H and O–H groups in total. The van der Waals surface area contributed by atoms with Crippen LogP contribution in [-0.2, 0) is 6.18 Å². The van der Waals surface area contributed by atoms with Gasteiger partial charge in [0, 0.05) is 16.2 Å². The van der Waals surface area contributed by atoms with Crippen molar-refractivity contribution in [1.29, 1.82) is 0 Å². The fourth-order valence-electron chi connectivity index (χ4n) is 1.48. The van der Waals surface area contributed by atoms with Crippen molar-refractivity contribution in [3.63, 3.8) is 0 Å². The lowest BCUT2D eigenvalue weighted by molar-refractivity contribution is -0.138. The Kier molecular flexibility index (Phi) is 4.48. The monoisotopic (exact) mass is 379 g/mol. The van der Waals surface area contributed by atoms with Crippen LogP contribution in [0.4, 0.5) is 19.0 Å². The number of anilines is 1. The zero-order valence-electron chi connectivity index (χ0n) is 10.1. The fourth-order valence-corrected chi connectivity index (χ4v) is 2.10. The van der Waals surface area contributed by atoms with Crippen molar-refractivity contribution in [3.05, 3.63) is 51.3 Å². The van der Waals surface area contributed by atoms with Gasteiger partial charge in [-0.3, -0.25) is 4.79 Å². The number of benzene rings is 1. The average molecular weight is 381 g/mol. The molecule has 9 heteroatoms. The molecule has 2 rings (SSSR count). The van der Waals surface area contributed by atoms with Gasteiger partial charge in [0.05, 0.1) is 5.56 Å². The van der Waals surface area contributed by atoms with Gasteiger partial charge in [-0.25, -0.2) is 9.97 Å². The number of alkyl halides is 3. The maximum absolute atomic E-state index is 12.8. The van der Waals surface area contributed by atoms with Crippen molar-refractivity contribution < 1.29 is 18.0 Å². The highest BCUT2D eigenvalue weighted by Crippen LogP contribution is 2.35. The number of amides is 1. The molecule has 1 amide bonds. The lowest BCUT2D eigenvalue weighted by Crippen LogP contribution is -2.15. The molecule has 4 nitrogen and oxygen atoms in total. The summed E-state index contributed by atoms with van der Waals surface area (Å²) < 4.78 is 38.2. The Morgan fingerprint density at radius 3 is 2.62 bits per heavy atom. The summed E-state index contributed by atoms with van der Waals surface area (Å²) in [4.78, 5) is 19.3. The van der Waals surface area contributed by atoms with Crippen molar-refractivity contribution in [2.24, 2.45) is 0 Å². The van der Waals surface area contributed by atoms with E-state index in [0.717, 1.165) is 12.1 Å². The van der Waals surface area contributed by atoms with Gasteiger partial charge in [-0.2, -0.15) is 13.2 Å². The highest BCUT2D eigenvalue weighted by Gasteiger charge is 2.33. The molecule has 0 bridgehead atoms. The van der Waals surface area contributed by atoms with E-state index in [1.165, 1.54) is 18.3 Å². The third-order valence-corrected chi connectivity index (χ3v) is 3.28. The molecule has 0 atom stereocenters. The third-order valence-electron chi connectivity index (χ3n) is 2.40. The third kappa shape index (κ3) is 3.92. The summed E-state index contributed by atoms with van der Waals surface area (Å²) in [6.45, 7) is 0. The second kappa shape index (κ2) is 5.98. The van der Waals surface area contributed by atoms with Gasteiger partial charge < -0.3 is 5.32 Å².